The summed E-state index contributed by atoms with van der Waals surface area (Å²) in [6, 6.07) is 19.2. The molecule has 0 aliphatic carbocycles. The largest absolute Gasteiger partial charge is 0.459 e. The zero-order valence-corrected chi connectivity index (χ0v) is 16.0. The first-order chi connectivity index (χ1) is 13.6. The van der Waals surface area contributed by atoms with E-state index in [4.69, 9.17) is 4.42 Å². The van der Waals surface area contributed by atoms with Gasteiger partial charge in [0.25, 0.3) is 5.91 Å². The van der Waals surface area contributed by atoms with Crippen molar-refractivity contribution in [3.63, 3.8) is 0 Å². The zero-order chi connectivity index (χ0) is 19.5. The number of aromatic amines is 1. The Morgan fingerprint density at radius 1 is 1.07 bits per heavy atom. The van der Waals surface area contributed by atoms with E-state index < -0.39 is 0 Å². The monoisotopic (exact) mass is 373 g/mol. The molecule has 2 aromatic heterocycles. The minimum Gasteiger partial charge on any atom is -0.459 e. The number of nitrogens with one attached hydrogen (secondary N) is 2. The van der Waals surface area contributed by atoms with Crippen molar-refractivity contribution in [1.29, 1.82) is 0 Å². The summed E-state index contributed by atoms with van der Waals surface area (Å²) in [4.78, 5) is 21.1. The molecule has 0 aliphatic heterocycles. The lowest BCUT2D eigenvalue weighted by Crippen LogP contribution is -2.30. The molecule has 0 radical (unpaired) electrons. The van der Waals surface area contributed by atoms with Crippen molar-refractivity contribution >= 4 is 16.9 Å². The van der Waals surface area contributed by atoms with Crippen molar-refractivity contribution in [1.82, 2.24) is 15.3 Å². The van der Waals surface area contributed by atoms with E-state index in [1.165, 1.54) is 0 Å². The molecule has 4 aromatic rings. The van der Waals surface area contributed by atoms with Crippen LogP contribution in [0.5, 0.6) is 0 Å². The SMILES string of the molecule is CC(C)CC(NC(=O)c1occc1-c1ccccc1)c1nc2ccccc2[nH]1. The Morgan fingerprint density at radius 2 is 1.82 bits per heavy atom. The number of amides is 1. The highest BCUT2D eigenvalue weighted by atomic mass is 16.3. The lowest BCUT2D eigenvalue weighted by molar-refractivity contribution is 0.0903. The van der Waals surface area contributed by atoms with Gasteiger partial charge < -0.3 is 14.7 Å². The minimum absolute atomic E-state index is 0.228. The third kappa shape index (κ3) is 3.69. The minimum atomic E-state index is -0.241. The molecule has 0 fully saturated rings. The van der Waals surface area contributed by atoms with Crippen LogP contribution >= 0.6 is 0 Å². The Hall–Kier alpha value is -3.34. The van der Waals surface area contributed by atoms with Crippen LogP contribution in [0.4, 0.5) is 0 Å². The summed E-state index contributed by atoms with van der Waals surface area (Å²) >= 11 is 0. The van der Waals surface area contributed by atoms with E-state index >= 15 is 0 Å². The van der Waals surface area contributed by atoms with Crippen LogP contribution in [-0.2, 0) is 0 Å². The predicted molar refractivity (Wildman–Crippen MR) is 110 cm³/mol. The summed E-state index contributed by atoms with van der Waals surface area (Å²) in [5.41, 5.74) is 3.59. The van der Waals surface area contributed by atoms with E-state index in [2.05, 4.69) is 29.1 Å². The van der Waals surface area contributed by atoms with Gasteiger partial charge in [0.15, 0.2) is 5.76 Å². The lowest BCUT2D eigenvalue weighted by atomic mass is 10.0. The quantitative estimate of drug-likeness (QED) is 0.479. The third-order valence-corrected chi connectivity index (χ3v) is 4.71. The number of nitrogens with zero attached hydrogens (tertiary/aromatic N) is 1. The highest BCUT2D eigenvalue weighted by molar-refractivity contribution is 5.98. The molecule has 1 amide bonds. The molecule has 0 aliphatic rings. The van der Waals surface area contributed by atoms with Crippen molar-refractivity contribution in [3.05, 3.63) is 78.5 Å². The van der Waals surface area contributed by atoms with E-state index in [9.17, 15) is 4.79 Å². The number of carbonyl (C=O) groups excluding carboxylic acids is 1. The van der Waals surface area contributed by atoms with Crippen molar-refractivity contribution < 1.29 is 9.21 Å². The van der Waals surface area contributed by atoms with Gasteiger partial charge in [0, 0.05) is 5.56 Å². The molecule has 2 heterocycles. The first-order valence-corrected chi connectivity index (χ1v) is 9.50. The highest BCUT2D eigenvalue weighted by Gasteiger charge is 2.24. The molecule has 0 saturated carbocycles. The van der Waals surface area contributed by atoms with Gasteiger partial charge in [0.2, 0.25) is 0 Å². The van der Waals surface area contributed by atoms with Crippen LogP contribution in [0.2, 0.25) is 0 Å². The Labute approximate surface area is 163 Å². The molecule has 28 heavy (non-hydrogen) atoms. The maximum Gasteiger partial charge on any atom is 0.288 e. The summed E-state index contributed by atoms with van der Waals surface area (Å²) in [7, 11) is 0. The lowest BCUT2D eigenvalue weighted by Gasteiger charge is -2.18. The highest BCUT2D eigenvalue weighted by Crippen LogP contribution is 2.27. The van der Waals surface area contributed by atoms with Gasteiger partial charge in [-0.1, -0.05) is 56.3 Å². The van der Waals surface area contributed by atoms with E-state index in [1.807, 2.05) is 60.7 Å². The average Bonchev–Trinajstić information content (AvgIpc) is 3.35. The zero-order valence-electron chi connectivity index (χ0n) is 16.0. The summed E-state index contributed by atoms with van der Waals surface area (Å²) in [5.74, 6) is 1.23. The Balaban J connectivity index is 1.63. The molecular weight excluding hydrogens is 350 g/mol. The number of rotatable bonds is 6. The Bertz CT molecular complexity index is 1050. The van der Waals surface area contributed by atoms with Gasteiger partial charge in [-0.2, -0.15) is 0 Å². The van der Waals surface area contributed by atoms with Crippen LogP contribution < -0.4 is 5.32 Å². The van der Waals surface area contributed by atoms with Gasteiger partial charge in [0.1, 0.15) is 5.82 Å². The molecule has 142 valence electrons. The van der Waals surface area contributed by atoms with E-state index in [0.29, 0.717) is 11.7 Å². The van der Waals surface area contributed by atoms with E-state index in [1.54, 1.807) is 6.26 Å². The van der Waals surface area contributed by atoms with Crippen molar-refractivity contribution in [2.24, 2.45) is 5.92 Å². The van der Waals surface area contributed by atoms with Crippen molar-refractivity contribution in [2.45, 2.75) is 26.3 Å². The third-order valence-electron chi connectivity index (χ3n) is 4.71. The Morgan fingerprint density at radius 3 is 2.57 bits per heavy atom. The topological polar surface area (TPSA) is 70.9 Å². The van der Waals surface area contributed by atoms with Gasteiger partial charge in [-0.15, -0.1) is 0 Å². The normalized spacial score (nSPS) is 12.4. The van der Waals surface area contributed by atoms with E-state index in [0.717, 1.165) is 34.4 Å². The van der Waals surface area contributed by atoms with Crippen LogP contribution in [0, 0.1) is 5.92 Å². The van der Waals surface area contributed by atoms with Gasteiger partial charge in [0.05, 0.1) is 23.3 Å². The predicted octanol–water partition coefficient (Wildman–Crippen LogP) is 5.34. The molecule has 0 saturated heterocycles. The van der Waals surface area contributed by atoms with Crippen molar-refractivity contribution in [2.75, 3.05) is 0 Å². The standard InChI is InChI=1S/C23H23N3O2/c1-15(2)14-20(22-24-18-10-6-7-11-19(18)25-22)26-23(27)21-17(12-13-28-21)16-8-4-3-5-9-16/h3-13,15,20H,14H2,1-2H3,(H,24,25)(H,26,27). The summed E-state index contributed by atoms with van der Waals surface area (Å²) in [6.45, 7) is 4.26. The number of para-hydroxylation sites is 2. The molecule has 2 aromatic carbocycles. The van der Waals surface area contributed by atoms with Gasteiger partial charge in [-0.3, -0.25) is 4.79 Å². The molecule has 2 N–H and O–H groups in total. The molecule has 0 bridgehead atoms. The second kappa shape index (κ2) is 7.72. The van der Waals surface area contributed by atoms with Crippen LogP contribution in [0.25, 0.3) is 22.2 Å². The number of fused-ring (bicyclic) bond motifs is 1. The fourth-order valence-electron chi connectivity index (χ4n) is 3.40. The van der Waals surface area contributed by atoms with Gasteiger partial charge >= 0.3 is 0 Å². The molecule has 1 atom stereocenters. The molecule has 5 heteroatoms. The molecular formula is C23H23N3O2. The number of hydrogen-bond donors (Lipinski definition) is 2. The van der Waals surface area contributed by atoms with Crippen LogP contribution in [0.15, 0.2) is 71.3 Å². The second-order valence-corrected chi connectivity index (χ2v) is 7.32. The van der Waals surface area contributed by atoms with Gasteiger partial charge in [-0.05, 0) is 36.1 Å². The fourth-order valence-corrected chi connectivity index (χ4v) is 3.40. The maximum atomic E-state index is 13.0. The molecule has 4 rings (SSSR count). The first kappa shape index (κ1) is 18.0. The fraction of sp³-hybridized carbons (Fsp3) is 0.217. The number of H-pyrrole nitrogens is 1. The van der Waals surface area contributed by atoms with Crippen LogP contribution in [-0.4, -0.2) is 15.9 Å². The smallest absolute Gasteiger partial charge is 0.288 e. The van der Waals surface area contributed by atoms with Gasteiger partial charge in [-0.25, -0.2) is 4.98 Å². The number of aromatic nitrogens is 2. The Kier molecular flexibility index (Phi) is 4.98. The van der Waals surface area contributed by atoms with Crippen LogP contribution in [0.3, 0.4) is 0 Å². The van der Waals surface area contributed by atoms with Crippen LogP contribution in [0.1, 0.15) is 42.7 Å². The van der Waals surface area contributed by atoms with Crippen molar-refractivity contribution in [3.8, 4) is 11.1 Å². The first-order valence-electron chi connectivity index (χ1n) is 9.50. The summed E-state index contributed by atoms with van der Waals surface area (Å²) in [5, 5.41) is 3.11. The average molecular weight is 373 g/mol. The second-order valence-electron chi connectivity index (χ2n) is 7.32. The number of imidazole rings is 1. The maximum absolute atomic E-state index is 13.0. The molecule has 5 nitrogen and oxygen atoms in total. The molecule has 0 spiro atoms. The van der Waals surface area contributed by atoms with E-state index in [-0.39, 0.29) is 11.9 Å². The number of carbonyl (C=O) groups is 1. The summed E-state index contributed by atoms with van der Waals surface area (Å²) in [6.07, 6.45) is 2.32. The number of benzene rings is 2. The number of hydrogen-bond acceptors (Lipinski definition) is 3. The molecule has 1 unspecified atom stereocenters. The summed E-state index contributed by atoms with van der Waals surface area (Å²) < 4.78 is 5.54. The number of furan rings is 1.